The first-order valence-corrected chi connectivity index (χ1v) is 13.8. The number of carbonyl (C=O) groups is 6. The third-order valence-corrected chi connectivity index (χ3v) is 6.81. The summed E-state index contributed by atoms with van der Waals surface area (Å²) in [6.45, 7) is 2.00. The molecule has 8 N–H and O–H groups in total. The Morgan fingerprint density at radius 3 is 2.23 bits per heavy atom. The Hall–Kier alpha value is -4.82. The van der Waals surface area contributed by atoms with Crippen LogP contribution in [0.15, 0.2) is 54.6 Å². The fourth-order valence-corrected chi connectivity index (χ4v) is 4.63. The predicted octanol–water partition coefficient (Wildman–Crippen LogP) is -0.0724. The van der Waals surface area contributed by atoms with Gasteiger partial charge in [0, 0.05) is 26.4 Å². The van der Waals surface area contributed by atoms with E-state index in [1.165, 1.54) is 0 Å². The van der Waals surface area contributed by atoms with E-state index >= 15 is 0 Å². The van der Waals surface area contributed by atoms with Crippen molar-refractivity contribution in [1.29, 1.82) is 0 Å². The summed E-state index contributed by atoms with van der Waals surface area (Å²) >= 11 is 0. The number of nitrogens with two attached hydrogens (primary N) is 2. The number of imide groups is 1. The molecule has 14 heteroatoms. The van der Waals surface area contributed by atoms with Gasteiger partial charge in [0.15, 0.2) is 0 Å². The van der Waals surface area contributed by atoms with Crippen molar-refractivity contribution in [2.45, 2.75) is 57.3 Å². The Kier molecular flexibility index (Phi) is 11.7. The van der Waals surface area contributed by atoms with Gasteiger partial charge in [-0.15, -0.1) is 0 Å². The Labute approximate surface area is 248 Å². The van der Waals surface area contributed by atoms with E-state index in [0.29, 0.717) is 47.1 Å². The molecule has 0 aromatic heterocycles. The zero-order valence-corrected chi connectivity index (χ0v) is 23.8. The maximum atomic E-state index is 13.7. The molecule has 0 bridgehead atoms. The number of rotatable bonds is 15. The van der Waals surface area contributed by atoms with Crippen LogP contribution in [-0.4, -0.2) is 75.9 Å². The van der Waals surface area contributed by atoms with Gasteiger partial charge in [0.1, 0.15) is 18.1 Å². The zero-order valence-electron chi connectivity index (χ0n) is 23.8. The lowest BCUT2D eigenvalue weighted by Crippen LogP contribution is -2.61. The number of carboxylic acid groups (broad SMARTS) is 1. The van der Waals surface area contributed by atoms with E-state index in [1.54, 1.807) is 54.6 Å². The summed E-state index contributed by atoms with van der Waals surface area (Å²) in [5, 5.41) is 18.4. The monoisotopic (exact) mass is 595 g/mol. The van der Waals surface area contributed by atoms with E-state index < -0.39 is 60.2 Å². The summed E-state index contributed by atoms with van der Waals surface area (Å²) in [6, 6.07) is 10.1. The number of nitrogens with one attached hydrogen (secondary N) is 3. The average molecular weight is 596 g/mol. The topological polar surface area (TPSA) is 217 Å². The highest BCUT2D eigenvalue weighted by Crippen LogP contribution is 2.26. The Balaban J connectivity index is 1.89. The minimum atomic E-state index is -1.84. The number of hydrazine groups is 1. The van der Waals surface area contributed by atoms with Gasteiger partial charge < -0.3 is 32.5 Å². The minimum Gasteiger partial charge on any atom is -0.481 e. The van der Waals surface area contributed by atoms with Crippen molar-refractivity contribution in [3.8, 4) is 0 Å². The number of aliphatic carboxylic acids is 1. The van der Waals surface area contributed by atoms with Crippen LogP contribution in [0.4, 0.5) is 4.79 Å². The van der Waals surface area contributed by atoms with Gasteiger partial charge in [-0.2, -0.15) is 5.01 Å². The average Bonchev–Trinajstić information content (AvgIpc) is 3.27. The molecule has 14 nitrogen and oxygen atoms in total. The molecule has 1 fully saturated rings. The quantitative estimate of drug-likeness (QED) is 0.120. The Bertz CT molecular complexity index is 1320. The van der Waals surface area contributed by atoms with Crippen LogP contribution in [0.2, 0.25) is 0 Å². The van der Waals surface area contributed by atoms with Crippen molar-refractivity contribution in [2.24, 2.45) is 11.5 Å². The third kappa shape index (κ3) is 8.59. The Morgan fingerprint density at radius 1 is 0.977 bits per heavy atom. The highest BCUT2D eigenvalue weighted by atomic mass is 16.4. The van der Waals surface area contributed by atoms with Gasteiger partial charge in [0.05, 0.1) is 6.42 Å². The third-order valence-electron chi connectivity index (χ3n) is 6.81. The summed E-state index contributed by atoms with van der Waals surface area (Å²) in [7, 11) is 0. The zero-order chi connectivity index (χ0) is 31.5. The fraction of sp³-hybridized carbons (Fsp3) is 0.379. The van der Waals surface area contributed by atoms with Crippen molar-refractivity contribution in [2.75, 3.05) is 13.1 Å². The molecule has 0 aliphatic carbocycles. The molecule has 6 amide bonds. The van der Waals surface area contributed by atoms with Gasteiger partial charge in [-0.3, -0.25) is 24.0 Å². The van der Waals surface area contributed by atoms with Crippen molar-refractivity contribution < 1.29 is 33.9 Å². The van der Waals surface area contributed by atoms with E-state index in [-0.39, 0.29) is 13.0 Å². The first kappa shape index (κ1) is 32.7. The lowest BCUT2D eigenvalue weighted by atomic mass is 10.0. The van der Waals surface area contributed by atoms with E-state index in [2.05, 4.69) is 16.0 Å². The van der Waals surface area contributed by atoms with Crippen LogP contribution in [0.3, 0.4) is 0 Å². The number of benzene rings is 2. The molecule has 43 heavy (non-hydrogen) atoms. The molecular weight excluding hydrogens is 558 g/mol. The minimum absolute atomic E-state index is 0.0547. The predicted molar refractivity (Wildman–Crippen MR) is 154 cm³/mol. The van der Waals surface area contributed by atoms with Crippen LogP contribution in [0, 0.1) is 0 Å². The van der Waals surface area contributed by atoms with Crippen molar-refractivity contribution in [3.63, 3.8) is 0 Å². The number of hydrogen-bond donors (Lipinski definition) is 6. The van der Waals surface area contributed by atoms with Crippen LogP contribution in [0.1, 0.15) is 48.9 Å². The van der Waals surface area contributed by atoms with Crippen LogP contribution >= 0.6 is 0 Å². The molecule has 1 aliphatic rings. The van der Waals surface area contributed by atoms with E-state index in [9.17, 15) is 33.9 Å². The number of amides is 6. The van der Waals surface area contributed by atoms with Gasteiger partial charge in [0.25, 0.3) is 5.91 Å². The van der Waals surface area contributed by atoms with Crippen molar-refractivity contribution >= 4 is 35.6 Å². The highest BCUT2D eigenvalue weighted by molar-refractivity contribution is 6.06. The van der Waals surface area contributed by atoms with Crippen molar-refractivity contribution in [1.82, 2.24) is 26.0 Å². The Morgan fingerprint density at radius 2 is 1.65 bits per heavy atom. The molecule has 0 saturated carbocycles. The summed E-state index contributed by atoms with van der Waals surface area (Å²) in [5.74, 6) is -4.86. The maximum Gasteiger partial charge on any atom is 0.344 e. The van der Waals surface area contributed by atoms with Gasteiger partial charge in [-0.1, -0.05) is 54.6 Å². The normalized spacial score (nSPS) is 15.8. The van der Waals surface area contributed by atoms with E-state index in [4.69, 9.17) is 11.5 Å². The summed E-state index contributed by atoms with van der Waals surface area (Å²) in [6.07, 6.45) is 0.387. The second-order valence-corrected chi connectivity index (χ2v) is 9.99. The summed E-state index contributed by atoms with van der Waals surface area (Å²) < 4.78 is 0. The van der Waals surface area contributed by atoms with E-state index in [0.717, 1.165) is 12.5 Å². The number of nitrogens with zero attached hydrogens (tertiary/aromatic N) is 2. The van der Waals surface area contributed by atoms with Crippen molar-refractivity contribution in [3.05, 3.63) is 71.3 Å². The molecule has 2 aromatic carbocycles. The number of carboxylic acids is 1. The summed E-state index contributed by atoms with van der Waals surface area (Å²) in [5.41, 5.74) is 13.0. The highest BCUT2D eigenvalue weighted by Gasteiger charge is 2.48. The first-order valence-electron chi connectivity index (χ1n) is 13.8. The lowest BCUT2D eigenvalue weighted by molar-refractivity contribution is -0.165. The second-order valence-electron chi connectivity index (χ2n) is 9.99. The van der Waals surface area contributed by atoms with Crippen LogP contribution in [-0.2, 0) is 36.9 Å². The molecule has 0 spiro atoms. The van der Waals surface area contributed by atoms with Gasteiger partial charge in [-0.25, -0.2) is 9.80 Å². The molecule has 1 unspecified atom stereocenters. The van der Waals surface area contributed by atoms with Gasteiger partial charge >= 0.3 is 12.0 Å². The van der Waals surface area contributed by atoms with Gasteiger partial charge in [0.2, 0.25) is 17.7 Å². The first-order chi connectivity index (χ1) is 20.6. The van der Waals surface area contributed by atoms with E-state index in [1.807, 2.05) is 0 Å². The standard InChI is InChI=1S/C29H37N7O7/c1-18(37)35(36-28(42)25(34-29(36)43)21-11-9-20(17-31)10-12-21)23(16-24(38)39)27(41)33-22(15-19-7-3-2-4-8-19)26(40)32-14-6-5-13-30/h2-4,7-12,22-23,25H,5-6,13-17,30-31H2,1H3,(H,32,40)(H,33,41)(H,34,43)(H,38,39)/t22-,23-,25?/m0/s1. The van der Waals surface area contributed by atoms with Crippen LogP contribution in [0.5, 0.6) is 0 Å². The molecular formula is C29H37N7O7. The molecule has 2 aromatic rings. The molecule has 3 atom stereocenters. The SMILES string of the molecule is CC(=O)N([C@@H](CC(=O)O)C(=O)N[C@@H](Cc1ccccc1)C(=O)NCCCCN)N1C(=O)NC(c2ccc(CN)cc2)C1=O. The largest absolute Gasteiger partial charge is 0.481 e. The maximum absolute atomic E-state index is 13.7. The molecule has 1 saturated heterocycles. The molecule has 1 heterocycles. The number of unbranched alkanes of at least 4 members (excludes halogenated alkanes) is 1. The number of urea groups is 1. The number of hydrogen-bond acceptors (Lipinski definition) is 8. The summed E-state index contributed by atoms with van der Waals surface area (Å²) in [4.78, 5) is 78.0. The molecule has 1 aliphatic heterocycles. The number of carbonyl (C=O) groups excluding carboxylic acids is 5. The fourth-order valence-electron chi connectivity index (χ4n) is 4.63. The molecule has 230 valence electrons. The van der Waals surface area contributed by atoms with Crippen LogP contribution < -0.4 is 27.4 Å². The lowest BCUT2D eigenvalue weighted by Gasteiger charge is -2.34. The second kappa shape index (κ2) is 15.4. The molecule has 3 rings (SSSR count). The van der Waals surface area contributed by atoms with Gasteiger partial charge in [-0.05, 0) is 36.1 Å². The van der Waals surface area contributed by atoms with Crippen LogP contribution in [0.25, 0.3) is 0 Å². The molecule has 0 radical (unpaired) electrons. The smallest absolute Gasteiger partial charge is 0.344 e.